The molecule has 2 saturated carbocycles. The Balaban J connectivity index is 1.65. The number of hydrogen-bond donors (Lipinski definition) is 0. The third-order valence-electron chi connectivity index (χ3n) is 5.33. The Morgan fingerprint density at radius 2 is 1.25 bits per heavy atom. The summed E-state index contributed by atoms with van der Waals surface area (Å²) in [5.74, 6) is 0.632. The first-order valence-corrected chi connectivity index (χ1v) is 9.82. The number of ether oxygens (including phenoxy) is 2. The molecule has 138 valence electrons. The molecule has 4 heteroatoms. The van der Waals surface area contributed by atoms with Gasteiger partial charge in [0.05, 0.1) is 0 Å². The van der Waals surface area contributed by atoms with Crippen molar-refractivity contribution in [3.63, 3.8) is 0 Å². The summed E-state index contributed by atoms with van der Waals surface area (Å²) >= 11 is 0. The monoisotopic (exact) mass is 338 g/mol. The average Bonchev–Trinajstić information content (AvgIpc) is 2.54. The molecule has 0 amide bonds. The van der Waals surface area contributed by atoms with Crippen molar-refractivity contribution in [3.05, 3.63) is 0 Å². The Kier molecular flexibility index (Phi) is 7.57. The fraction of sp³-hybridized carbons (Fsp3) is 0.900. The van der Waals surface area contributed by atoms with Gasteiger partial charge in [-0.1, -0.05) is 38.5 Å². The number of carbonyl (C=O) groups excluding carboxylic acids is 2. The third kappa shape index (κ3) is 7.23. The molecule has 2 aliphatic carbocycles. The lowest BCUT2D eigenvalue weighted by molar-refractivity contribution is -0.170. The van der Waals surface area contributed by atoms with E-state index in [4.69, 9.17) is 9.47 Å². The van der Waals surface area contributed by atoms with Gasteiger partial charge in [0.1, 0.15) is 12.2 Å². The van der Waals surface area contributed by atoms with E-state index in [1.165, 1.54) is 38.5 Å². The highest BCUT2D eigenvalue weighted by atomic mass is 16.6. The minimum Gasteiger partial charge on any atom is -0.461 e. The van der Waals surface area contributed by atoms with Gasteiger partial charge < -0.3 is 9.47 Å². The van der Waals surface area contributed by atoms with Crippen molar-refractivity contribution in [2.75, 3.05) is 6.61 Å². The van der Waals surface area contributed by atoms with Crippen LogP contribution < -0.4 is 0 Å². The van der Waals surface area contributed by atoms with Crippen LogP contribution in [-0.2, 0) is 19.1 Å². The molecule has 0 aromatic rings. The summed E-state index contributed by atoms with van der Waals surface area (Å²) in [6.45, 7) is 3.79. The second-order valence-electron chi connectivity index (χ2n) is 8.31. The van der Waals surface area contributed by atoms with Crippen molar-refractivity contribution in [1.29, 1.82) is 0 Å². The lowest BCUT2D eigenvalue weighted by Crippen LogP contribution is -2.35. The molecule has 0 saturated heterocycles. The van der Waals surface area contributed by atoms with Crippen LogP contribution in [0.5, 0.6) is 0 Å². The van der Waals surface area contributed by atoms with Gasteiger partial charge in [-0.05, 0) is 51.4 Å². The molecule has 0 unspecified atom stereocenters. The number of rotatable bonds is 7. The lowest BCUT2D eigenvalue weighted by Gasteiger charge is -2.27. The van der Waals surface area contributed by atoms with E-state index in [-0.39, 0.29) is 18.5 Å². The van der Waals surface area contributed by atoms with Crippen LogP contribution >= 0.6 is 0 Å². The predicted octanol–water partition coefficient (Wildman–Crippen LogP) is 4.79. The maximum absolute atomic E-state index is 12.1. The highest BCUT2D eigenvalue weighted by molar-refractivity contribution is 5.71. The zero-order valence-electron chi connectivity index (χ0n) is 15.5. The van der Waals surface area contributed by atoms with E-state index in [1.54, 1.807) is 0 Å². The summed E-state index contributed by atoms with van der Waals surface area (Å²) in [4.78, 5) is 24.1. The zero-order chi connectivity index (χ0) is 17.4. The van der Waals surface area contributed by atoms with Gasteiger partial charge in [0.15, 0.2) is 0 Å². The average molecular weight is 338 g/mol. The predicted molar refractivity (Wildman–Crippen MR) is 93.5 cm³/mol. The molecule has 4 nitrogen and oxygen atoms in total. The summed E-state index contributed by atoms with van der Waals surface area (Å²) in [6.07, 6.45) is 13.0. The molecule has 2 rings (SSSR count). The van der Waals surface area contributed by atoms with E-state index in [9.17, 15) is 9.59 Å². The molecule has 0 heterocycles. The molecule has 0 aromatic carbocycles. The topological polar surface area (TPSA) is 52.6 Å². The number of esters is 2. The van der Waals surface area contributed by atoms with Crippen molar-refractivity contribution in [2.45, 2.75) is 96.5 Å². The maximum atomic E-state index is 12.1. The van der Waals surface area contributed by atoms with Crippen molar-refractivity contribution in [1.82, 2.24) is 0 Å². The quantitative estimate of drug-likeness (QED) is 0.626. The van der Waals surface area contributed by atoms with E-state index in [2.05, 4.69) is 0 Å². The number of hydrogen-bond acceptors (Lipinski definition) is 4. The van der Waals surface area contributed by atoms with Gasteiger partial charge in [0.25, 0.3) is 0 Å². The molecule has 0 atom stereocenters. The van der Waals surface area contributed by atoms with Crippen molar-refractivity contribution in [3.8, 4) is 0 Å². The van der Waals surface area contributed by atoms with Crippen LogP contribution in [0.4, 0.5) is 0 Å². The lowest BCUT2D eigenvalue weighted by atomic mass is 9.87. The van der Waals surface area contributed by atoms with E-state index in [1.807, 2.05) is 13.8 Å². The molecule has 0 spiro atoms. The Morgan fingerprint density at radius 3 is 1.75 bits per heavy atom. The Labute approximate surface area is 146 Å². The van der Waals surface area contributed by atoms with Crippen LogP contribution in [0.2, 0.25) is 0 Å². The highest BCUT2D eigenvalue weighted by Crippen LogP contribution is 2.28. The minimum absolute atomic E-state index is 0.148. The van der Waals surface area contributed by atoms with E-state index in [0.29, 0.717) is 24.7 Å². The second-order valence-corrected chi connectivity index (χ2v) is 8.31. The summed E-state index contributed by atoms with van der Waals surface area (Å²) in [5, 5.41) is 0. The first-order chi connectivity index (χ1) is 11.4. The molecule has 0 bridgehead atoms. The van der Waals surface area contributed by atoms with Crippen LogP contribution in [0.3, 0.4) is 0 Å². The van der Waals surface area contributed by atoms with E-state index < -0.39 is 5.60 Å². The summed E-state index contributed by atoms with van der Waals surface area (Å²) in [6, 6.07) is 0. The molecule has 2 aliphatic rings. The Bertz CT molecular complexity index is 404. The van der Waals surface area contributed by atoms with E-state index in [0.717, 1.165) is 25.7 Å². The largest absolute Gasteiger partial charge is 0.461 e. The summed E-state index contributed by atoms with van der Waals surface area (Å²) < 4.78 is 10.9. The smallest absolute Gasteiger partial charge is 0.306 e. The second kappa shape index (κ2) is 9.43. The normalized spacial score (nSPS) is 20.6. The molecular formula is C20H34O4. The van der Waals surface area contributed by atoms with Crippen LogP contribution in [0, 0.1) is 11.8 Å². The standard InChI is InChI=1S/C20H34O4/c1-20(2,24-19(22)14-17-11-7-4-8-12-17)15-23-18(21)13-16-9-5-3-6-10-16/h16-17H,3-15H2,1-2H3. The minimum atomic E-state index is -0.742. The van der Waals surface area contributed by atoms with Gasteiger partial charge in [-0.2, -0.15) is 0 Å². The van der Waals surface area contributed by atoms with Crippen LogP contribution in [0.1, 0.15) is 90.9 Å². The third-order valence-corrected chi connectivity index (χ3v) is 5.33. The fourth-order valence-electron chi connectivity index (χ4n) is 3.95. The number of carbonyl (C=O) groups is 2. The van der Waals surface area contributed by atoms with Crippen molar-refractivity contribution < 1.29 is 19.1 Å². The molecule has 0 N–H and O–H groups in total. The Morgan fingerprint density at radius 1 is 0.792 bits per heavy atom. The van der Waals surface area contributed by atoms with Crippen molar-refractivity contribution >= 4 is 11.9 Å². The first-order valence-electron chi connectivity index (χ1n) is 9.82. The van der Waals surface area contributed by atoms with Gasteiger partial charge in [-0.3, -0.25) is 9.59 Å². The maximum Gasteiger partial charge on any atom is 0.306 e. The SMILES string of the molecule is CC(C)(COC(=O)CC1CCCCC1)OC(=O)CC1CCCCC1. The fourth-order valence-corrected chi connectivity index (χ4v) is 3.95. The van der Waals surface area contributed by atoms with Crippen LogP contribution in [0.25, 0.3) is 0 Å². The van der Waals surface area contributed by atoms with Crippen LogP contribution in [0.15, 0.2) is 0 Å². The van der Waals surface area contributed by atoms with Crippen molar-refractivity contribution in [2.24, 2.45) is 11.8 Å². The van der Waals surface area contributed by atoms with E-state index >= 15 is 0 Å². The zero-order valence-corrected chi connectivity index (χ0v) is 15.5. The molecule has 0 aliphatic heterocycles. The summed E-state index contributed by atoms with van der Waals surface area (Å²) in [7, 11) is 0. The molecular weight excluding hydrogens is 304 g/mol. The van der Waals surface area contributed by atoms with Gasteiger partial charge >= 0.3 is 11.9 Å². The molecule has 2 fully saturated rings. The van der Waals surface area contributed by atoms with Gasteiger partial charge in [0, 0.05) is 12.8 Å². The molecule has 0 aromatic heterocycles. The van der Waals surface area contributed by atoms with Gasteiger partial charge in [0.2, 0.25) is 0 Å². The van der Waals surface area contributed by atoms with Gasteiger partial charge in [-0.15, -0.1) is 0 Å². The first kappa shape index (κ1) is 19.3. The summed E-state index contributed by atoms with van der Waals surface area (Å²) in [5.41, 5.74) is -0.742. The van der Waals surface area contributed by atoms with Gasteiger partial charge in [-0.25, -0.2) is 0 Å². The van der Waals surface area contributed by atoms with Crippen LogP contribution in [-0.4, -0.2) is 24.1 Å². The molecule has 0 radical (unpaired) electrons. The molecule has 24 heavy (non-hydrogen) atoms. The highest BCUT2D eigenvalue weighted by Gasteiger charge is 2.28. The Hall–Kier alpha value is -1.06.